The number of amides is 1. The summed E-state index contributed by atoms with van der Waals surface area (Å²) in [4.78, 5) is 30.1. The van der Waals surface area contributed by atoms with Gasteiger partial charge in [0.05, 0.1) is 11.5 Å². The van der Waals surface area contributed by atoms with E-state index < -0.39 is 12.0 Å². The Labute approximate surface area is 193 Å². The zero-order valence-corrected chi connectivity index (χ0v) is 18.7. The lowest BCUT2D eigenvalue weighted by molar-refractivity contribution is 0.0949. The van der Waals surface area contributed by atoms with E-state index in [9.17, 15) is 14.7 Å². The van der Waals surface area contributed by atoms with Crippen LogP contribution in [0.15, 0.2) is 71.7 Å². The number of aliphatic hydroxyl groups excluding tert-OH is 1. The second kappa shape index (κ2) is 10.1. The molecule has 0 spiro atoms. The highest BCUT2D eigenvalue weighted by atomic mass is 35.5. The summed E-state index contributed by atoms with van der Waals surface area (Å²) < 4.78 is 0. The van der Waals surface area contributed by atoms with Crippen LogP contribution < -0.4 is 16.1 Å². The number of aromatic amines is 1. The summed E-state index contributed by atoms with van der Waals surface area (Å²) >= 11 is 7.32. The van der Waals surface area contributed by atoms with Gasteiger partial charge < -0.3 is 20.7 Å². The quantitative estimate of drug-likeness (QED) is 0.315. The highest BCUT2D eigenvalue weighted by Crippen LogP contribution is 2.22. The molecule has 8 heteroatoms. The molecule has 2 heterocycles. The number of halogens is 1. The van der Waals surface area contributed by atoms with Crippen LogP contribution in [0, 0.1) is 0 Å². The molecule has 1 amide bonds. The number of pyridine rings is 1. The van der Waals surface area contributed by atoms with Crippen LogP contribution in [-0.4, -0.2) is 22.5 Å². The molecule has 32 heavy (non-hydrogen) atoms. The Bertz CT molecular complexity index is 1270. The van der Waals surface area contributed by atoms with Gasteiger partial charge in [-0.1, -0.05) is 54.1 Å². The lowest BCUT2D eigenvalue weighted by atomic mass is 10.1. The number of thiophene rings is 1. The molecule has 0 bridgehead atoms. The summed E-state index contributed by atoms with van der Waals surface area (Å²) in [5.74, 6) is -0.431. The fourth-order valence-electron chi connectivity index (χ4n) is 3.33. The highest BCUT2D eigenvalue weighted by molar-refractivity contribution is 7.18. The predicted octanol–water partition coefficient (Wildman–Crippen LogP) is 4.00. The molecule has 0 radical (unpaired) electrons. The number of carbonyl (C=O) groups excluding carboxylic acids is 1. The fraction of sp³-hybridized carbons (Fsp3) is 0.167. The van der Waals surface area contributed by atoms with Crippen LogP contribution in [0.2, 0.25) is 5.02 Å². The number of aromatic nitrogens is 1. The van der Waals surface area contributed by atoms with Crippen LogP contribution in [-0.2, 0) is 13.1 Å². The molecule has 0 fully saturated rings. The molecule has 0 saturated heterocycles. The average Bonchev–Trinajstić information content (AvgIpc) is 3.23. The third kappa shape index (κ3) is 5.26. The van der Waals surface area contributed by atoms with E-state index in [2.05, 4.69) is 15.6 Å². The number of hydrogen-bond donors (Lipinski definition) is 4. The molecular weight excluding hydrogens is 446 g/mol. The number of rotatable bonds is 8. The maximum absolute atomic E-state index is 12.9. The largest absolute Gasteiger partial charge is 0.387 e. The summed E-state index contributed by atoms with van der Waals surface area (Å²) in [6, 6.07) is 18.4. The third-order valence-electron chi connectivity index (χ3n) is 5.05. The van der Waals surface area contributed by atoms with Crippen LogP contribution in [0.1, 0.15) is 32.5 Å². The average molecular weight is 468 g/mol. The fourth-order valence-corrected chi connectivity index (χ4v) is 4.45. The highest BCUT2D eigenvalue weighted by Gasteiger charge is 2.15. The topological polar surface area (TPSA) is 94.2 Å². The van der Waals surface area contributed by atoms with Gasteiger partial charge in [-0.15, -0.1) is 11.3 Å². The van der Waals surface area contributed by atoms with E-state index in [-0.39, 0.29) is 11.0 Å². The Kier molecular flexibility index (Phi) is 7.02. The van der Waals surface area contributed by atoms with Crippen molar-refractivity contribution in [2.75, 3.05) is 6.54 Å². The number of carbonyl (C=O) groups is 1. The van der Waals surface area contributed by atoms with Gasteiger partial charge in [-0.25, -0.2) is 0 Å². The van der Waals surface area contributed by atoms with Gasteiger partial charge in [0, 0.05) is 35.7 Å². The molecule has 4 rings (SSSR count). The number of nitrogens with one attached hydrogen (secondary N) is 3. The van der Waals surface area contributed by atoms with Crippen molar-refractivity contribution in [2.24, 2.45) is 0 Å². The van der Waals surface area contributed by atoms with E-state index in [4.69, 9.17) is 11.6 Å². The van der Waals surface area contributed by atoms with E-state index in [1.807, 2.05) is 42.5 Å². The zero-order valence-electron chi connectivity index (χ0n) is 17.1. The summed E-state index contributed by atoms with van der Waals surface area (Å²) in [6.45, 7) is 1.20. The van der Waals surface area contributed by atoms with Crippen molar-refractivity contribution in [2.45, 2.75) is 19.2 Å². The van der Waals surface area contributed by atoms with Gasteiger partial charge in [0.1, 0.15) is 10.4 Å². The molecule has 2 aromatic carbocycles. The second-order valence-electron chi connectivity index (χ2n) is 7.35. The number of benzene rings is 2. The molecule has 4 N–H and O–H groups in total. The number of hydrogen-bond acceptors (Lipinski definition) is 5. The van der Waals surface area contributed by atoms with Gasteiger partial charge in [-0.3, -0.25) is 9.59 Å². The maximum atomic E-state index is 12.9. The number of aliphatic hydroxyl groups is 1. The summed E-state index contributed by atoms with van der Waals surface area (Å²) in [6.07, 6.45) is 0.845. The van der Waals surface area contributed by atoms with Crippen LogP contribution >= 0.6 is 22.9 Å². The molecule has 0 aliphatic heterocycles. The molecule has 1 atom stereocenters. The van der Waals surface area contributed by atoms with Crippen molar-refractivity contribution < 1.29 is 9.90 Å². The summed E-state index contributed by atoms with van der Waals surface area (Å²) in [7, 11) is 0. The minimum atomic E-state index is -0.608. The van der Waals surface area contributed by atoms with Crippen LogP contribution in [0.5, 0.6) is 0 Å². The molecule has 6 nitrogen and oxygen atoms in total. The molecule has 0 saturated carbocycles. The van der Waals surface area contributed by atoms with Gasteiger partial charge in [-0.2, -0.15) is 0 Å². The monoisotopic (exact) mass is 467 g/mol. The van der Waals surface area contributed by atoms with Crippen molar-refractivity contribution in [1.82, 2.24) is 15.6 Å². The van der Waals surface area contributed by atoms with E-state index in [1.54, 1.807) is 18.2 Å². The normalized spacial score (nSPS) is 12.1. The lowest BCUT2D eigenvalue weighted by Gasteiger charge is -2.11. The Morgan fingerprint density at radius 2 is 1.84 bits per heavy atom. The van der Waals surface area contributed by atoms with Gasteiger partial charge in [0.2, 0.25) is 5.43 Å². The second-order valence-corrected chi connectivity index (χ2v) is 8.93. The minimum absolute atomic E-state index is 0.0725. The summed E-state index contributed by atoms with van der Waals surface area (Å²) in [5, 5.41) is 17.4. The van der Waals surface area contributed by atoms with E-state index in [0.29, 0.717) is 34.9 Å². The van der Waals surface area contributed by atoms with Crippen molar-refractivity contribution in [3.8, 4) is 0 Å². The maximum Gasteiger partial charge on any atom is 0.257 e. The third-order valence-corrected chi connectivity index (χ3v) is 6.37. The Morgan fingerprint density at radius 1 is 1.09 bits per heavy atom. The van der Waals surface area contributed by atoms with Gasteiger partial charge in [-0.05, 0) is 29.3 Å². The van der Waals surface area contributed by atoms with E-state index in [0.717, 1.165) is 16.0 Å². The van der Waals surface area contributed by atoms with Crippen molar-refractivity contribution in [3.63, 3.8) is 0 Å². The first-order chi connectivity index (χ1) is 15.5. The molecule has 2 aromatic heterocycles. The molecule has 0 aliphatic carbocycles. The summed E-state index contributed by atoms with van der Waals surface area (Å²) in [5.41, 5.74) is 1.50. The smallest absolute Gasteiger partial charge is 0.257 e. The first-order valence-corrected chi connectivity index (χ1v) is 11.3. The van der Waals surface area contributed by atoms with E-state index in [1.165, 1.54) is 17.5 Å². The van der Waals surface area contributed by atoms with E-state index >= 15 is 0 Å². The molecular formula is C24H22ClN3O3S. The Morgan fingerprint density at radius 3 is 2.59 bits per heavy atom. The lowest BCUT2D eigenvalue weighted by Crippen LogP contribution is -2.28. The Hall–Kier alpha value is -2.97. The Balaban J connectivity index is 1.40. The standard InChI is InChI=1S/C24H22ClN3O3S/c25-17-8-6-15(7-9-17)11-27-23(31)20-13-28-24-19(22(20)30)10-18(32-24)12-26-14-21(29)16-4-2-1-3-5-16/h1-10,13,21,26,29H,11-12,14H2,(H,27,31)(H,28,30). The molecule has 4 aromatic rings. The van der Waals surface area contributed by atoms with Crippen LogP contribution in [0.3, 0.4) is 0 Å². The first kappa shape index (κ1) is 22.2. The zero-order chi connectivity index (χ0) is 22.5. The van der Waals surface area contributed by atoms with Gasteiger partial charge >= 0.3 is 0 Å². The van der Waals surface area contributed by atoms with Crippen molar-refractivity contribution in [1.29, 1.82) is 0 Å². The molecule has 0 aliphatic rings. The first-order valence-electron chi connectivity index (χ1n) is 10.1. The molecule has 164 valence electrons. The minimum Gasteiger partial charge on any atom is -0.387 e. The predicted molar refractivity (Wildman–Crippen MR) is 128 cm³/mol. The molecule has 1 unspecified atom stereocenters. The van der Waals surface area contributed by atoms with Gasteiger partial charge in [0.15, 0.2) is 0 Å². The number of fused-ring (bicyclic) bond motifs is 1. The van der Waals surface area contributed by atoms with Crippen molar-refractivity contribution >= 4 is 39.1 Å². The van der Waals surface area contributed by atoms with Crippen LogP contribution in [0.25, 0.3) is 10.2 Å². The van der Waals surface area contributed by atoms with Gasteiger partial charge in [0.25, 0.3) is 5.91 Å². The number of H-pyrrole nitrogens is 1. The van der Waals surface area contributed by atoms with Crippen molar-refractivity contribution in [3.05, 3.63) is 104 Å². The van der Waals surface area contributed by atoms with Crippen LogP contribution in [0.4, 0.5) is 0 Å². The SMILES string of the molecule is O=C(NCc1ccc(Cl)cc1)c1c[nH]c2sc(CNCC(O)c3ccccc3)cc2c1=O.